The molecular formula is C13H11ClINO4S2. The molecule has 1 N–H and O–H groups in total. The molecule has 0 aliphatic rings. The first-order chi connectivity index (χ1) is 10.1. The van der Waals surface area contributed by atoms with Crippen LogP contribution in [0, 0.1) is 3.57 Å². The Morgan fingerprint density at radius 2 is 1.68 bits per heavy atom. The summed E-state index contributed by atoms with van der Waals surface area (Å²) in [5.41, 5.74) is 0.393. The number of halogens is 2. The van der Waals surface area contributed by atoms with Crippen molar-refractivity contribution < 1.29 is 16.8 Å². The van der Waals surface area contributed by atoms with Crippen molar-refractivity contribution in [3.63, 3.8) is 0 Å². The first kappa shape index (κ1) is 17.5. The fourth-order valence-electron chi connectivity index (χ4n) is 1.66. The predicted molar refractivity (Wildman–Crippen MR) is 94.5 cm³/mol. The van der Waals surface area contributed by atoms with Gasteiger partial charge < -0.3 is 0 Å². The molecule has 2 aromatic rings. The van der Waals surface area contributed by atoms with Crippen LogP contribution in [0.1, 0.15) is 0 Å². The highest BCUT2D eigenvalue weighted by Crippen LogP contribution is 2.28. The Labute approximate surface area is 147 Å². The molecule has 0 saturated carbocycles. The normalized spacial score (nSPS) is 12.1. The van der Waals surface area contributed by atoms with E-state index in [4.69, 9.17) is 11.6 Å². The molecule has 0 radical (unpaired) electrons. The molecule has 0 heterocycles. The Kier molecular flexibility index (Phi) is 5.05. The first-order valence-corrected chi connectivity index (χ1v) is 10.7. The maximum atomic E-state index is 12.5. The third-order valence-electron chi connectivity index (χ3n) is 2.74. The summed E-state index contributed by atoms with van der Waals surface area (Å²) >= 11 is 7.91. The topological polar surface area (TPSA) is 80.3 Å². The van der Waals surface area contributed by atoms with Gasteiger partial charge >= 0.3 is 0 Å². The van der Waals surface area contributed by atoms with Crippen LogP contribution >= 0.6 is 34.2 Å². The molecule has 0 spiro atoms. The highest BCUT2D eigenvalue weighted by atomic mass is 127. The zero-order valence-corrected chi connectivity index (χ0v) is 15.8. The lowest BCUT2D eigenvalue weighted by atomic mass is 10.3. The van der Waals surface area contributed by atoms with Gasteiger partial charge in [0, 0.05) is 9.83 Å². The van der Waals surface area contributed by atoms with Crippen LogP contribution in [0.2, 0.25) is 5.02 Å². The quantitative estimate of drug-likeness (QED) is 0.695. The van der Waals surface area contributed by atoms with Crippen LogP contribution in [-0.4, -0.2) is 23.1 Å². The number of hydrogen-bond acceptors (Lipinski definition) is 4. The van der Waals surface area contributed by atoms with Crippen LogP contribution in [0.5, 0.6) is 0 Å². The van der Waals surface area contributed by atoms with Crippen molar-refractivity contribution in [3.8, 4) is 0 Å². The van der Waals surface area contributed by atoms with Crippen LogP contribution in [0.25, 0.3) is 0 Å². The maximum Gasteiger partial charge on any atom is 0.263 e. The molecule has 0 fully saturated rings. The number of rotatable bonds is 4. The van der Waals surface area contributed by atoms with Crippen LogP contribution in [0.15, 0.2) is 52.3 Å². The van der Waals surface area contributed by atoms with Gasteiger partial charge in [0.25, 0.3) is 10.0 Å². The molecule has 0 atom stereocenters. The van der Waals surface area contributed by atoms with Gasteiger partial charge in [-0.3, -0.25) is 4.72 Å². The van der Waals surface area contributed by atoms with Crippen LogP contribution in [0.3, 0.4) is 0 Å². The molecule has 0 aromatic heterocycles. The monoisotopic (exact) mass is 471 g/mol. The average molecular weight is 472 g/mol. The van der Waals surface area contributed by atoms with Crippen molar-refractivity contribution in [2.24, 2.45) is 0 Å². The van der Waals surface area contributed by atoms with Crippen molar-refractivity contribution in [2.45, 2.75) is 9.79 Å². The molecule has 0 saturated heterocycles. The SMILES string of the molecule is CS(=O)(=O)c1ccc(Cl)c(S(=O)(=O)Nc2ccccc2I)c1. The standard InChI is InChI=1S/C13H11ClINO4S2/c1-21(17,18)9-6-7-10(14)13(8-9)22(19,20)16-12-5-3-2-4-11(12)15/h2-8,16H,1H3. The average Bonchev–Trinajstić information content (AvgIpc) is 2.40. The second-order valence-corrected chi connectivity index (χ2v) is 9.69. The van der Waals surface area contributed by atoms with E-state index >= 15 is 0 Å². The van der Waals surface area contributed by atoms with Gasteiger partial charge in [0.05, 0.1) is 15.6 Å². The van der Waals surface area contributed by atoms with E-state index in [0.29, 0.717) is 9.26 Å². The minimum Gasteiger partial charge on any atom is -0.279 e. The van der Waals surface area contributed by atoms with E-state index in [1.807, 2.05) is 22.6 Å². The number of anilines is 1. The molecule has 0 aliphatic carbocycles. The van der Waals surface area contributed by atoms with Crippen molar-refractivity contribution in [1.29, 1.82) is 0 Å². The number of sulfone groups is 1. The summed E-state index contributed by atoms with van der Waals surface area (Å²) in [6.07, 6.45) is 1.00. The summed E-state index contributed by atoms with van der Waals surface area (Å²) in [6.45, 7) is 0. The molecule has 0 unspecified atom stereocenters. The van der Waals surface area contributed by atoms with Crippen molar-refractivity contribution in [3.05, 3.63) is 51.1 Å². The number of sulfonamides is 1. The molecular weight excluding hydrogens is 461 g/mol. The van der Waals surface area contributed by atoms with Crippen LogP contribution < -0.4 is 4.72 Å². The first-order valence-electron chi connectivity index (χ1n) is 5.88. The Morgan fingerprint density at radius 1 is 1.05 bits per heavy atom. The summed E-state index contributed by atoms with van der Waals surface area (Å²) in [6, 6.07) is 10.4. The number of para-hydroxylation sites is 1. The Bertz CT molecular complexity index is 927. The van der Waals surface area contributed by atoms with Crippen molar-refractivity contribution in [1.82, 2.24) is 0 Å². The maximum absolute atomic E-state index is 12.5. The summed E-state index contributed by atoms with van der Waals surface area (Å²) in [4.78, 5) is -0.392. The van der Waals surface area contributed by atoms with E-state index in [0.717, 1.165) is 12.3 Å². The highest BCUT2D eigenvalue weighted by Gasteiger charge is 2.21. The molecule has 118 valence electrons. The summed E-state index contributed by atoms with van der Waals surface area (Å²) in [5, 5.41) is -0.0501. The lowest BCUT2D eigenvalue weighted by molar-refractivity contribution is 0.600. The molecule has 22 heavy (non-hydrogen) atoms. The zero-order valence-electron chi connectivity index (χ0n) is 11.2. The van der Waals surface area contributed by atoms with E-state index in [2.05, 4.69) is 4.72 Å². The van der Waals surface area contributed by atoms with E-state index < -0.39 is 19.9 Å². The predicted octanol–water partition coefficient (Wildman–Crippen LogP) is 3.15. The van der Waals surface area contributed by atoms with Gasteiger partial charge in [-0.25, -0.2) is 16.8 Å². The van der Waals surface area contributed by atoms with Gasteiger partial charge in [0.1, 0.15) is 4.90 Å². The van der Waals surface area contributed by atoms with Crippen LogP contribution in [-0.2, 0) is 19.9 Å². The molecule has 0 aliphatic heterocycles. The minimum absolute atomic E-state index is 0.0501. The van der Waals surface area contributed by atoms with Gasteiger partial charge in [0.15, 0.2) is 9.84 Å². The highest BCUT2D eigenvalue weighted by molar-refractivity contribution is 14.1. The third kappa shape index (κ3) is 3.92. The van der Waals surface area contributed by atoms with Crippen molar-refractivity contribution in [2.75, 3.05) is 11.0 Å². The molecule has 0 bridgehead atoms. The Morgan fingerprint density at radius 3 is 2.27 bits per heavy atom. The van der Waals surface area contributed by atoms with Gasteiger partial charge in [-0.1, -0.05) is 23.7 Å². The van der Waals surface area contributed by atoms with Gasteiger partial charge in [-0.05, 0) is 52.9 Å². The van der Waals surface area contributed by atoms with Gasteiger partial charge in [-0.2, -0.15) is 0 Å². The summed E-state index contributed by atoms with van der Waals surface area (Å²) in [5.74, 6) is 0. The summed E-state index contributed by atoms with van der Waals surface area (Å²) < 4.78 is 51.2. The third-order valence-corrected chi connectivity index (χ3v) is 6.64. The fourth-order valence-corrected chi connectivity index (χ4v) is 4.70. The summed E-state index contributed by atoms with van der Waals surface area (Å²) in [7, 11) is -7.54. The number of benzene rings is 2. The molecule has 2 aromatic carbocycles. The second kappa shape index (κ2) is 6.34. The number of nitrogens with one attached hydrogen (secondary N) is 1. The lowest BCUT2D eigenvalue weighted by Gasteiger charge is -2.11. The largest absolute Gasteiger partial charge is 0.279 e. The molecule has 9 heteroatoms. The zero-order chi connectivity index (χ0) is 16.5. The van der Waals surface area contributed by atoms with Crippen LogP contribution in [0.4, 0.5) is 5.69 Å². The molecule has 2 rings (SSSR count). The molecule has 0 amide bonds. The van der Waals surface area contributed by atoms with Crippen molar-refractivity contribution >= 4 is 59.7 Å². The minimum atomic E-state index is -4.00. The van der Waals surface area contributed by atoms with E-state index in [-0.39, 0.29) is 14.8 Å². The van der Waals surface area contributed by atoms with Gasteiger partial charge in [-0.15, -0.1) is 0 Å². The Balaban J connectivity index is 2.53. The lowest BCUT2D eigenvalue weighted by Crippen LogP contribution is -2.15. The van der Waals surface area contributed by atoms with Gasteiger partial charge in [0.2, 0.25) is 0 Å². The van der Waals surface area contributed by atoms with E-state index in [9.17, 15) is 16.8 Å². The van der Waals surface area contributed by atoms with E-state index in [1.165, 1.54) is 12.1 Å². The smallest absolute Gasteiger partial charge is 0.263 e. The fraction of sp³-hybridized carbons (Fsp3) is 0.0769. The number of hydrogen-bond donors (Lipinski definition) is 1. The van der Waals surface area contributed by atoms with E-state index in [1.54, 1.807) is 24.3 Å². The Hall–Kier alpha value is -0.840. The second-order valence-electron chi connectivity index (χ2n) is 4.45. The molecule has 5 nitrogen and oxygen atoms in total.